The van der Waals surface area contributed by atoms with Gasteiger partial charge in [-0.2, -0.15) is 0 Å². The quantitative estimate of drug-likeness (QED) is 0.348. The first-order valence-electron chi connectivity index (χ1n) is 9.80. The number of Topliss-reactive ketones (excluding diaryl/α,β-unsaturated/α-hetero) is 1. The molecule has 154 valence electrons. The molecule has 6 heteroatoms. The highest BCUT2D eigenvalue weighted by Crippen LogP contribution is 2.27. The number of ether oxygens (including phenoxy) is 1. The molecule has 6 nitrogen and oxygen atoms in total. The molecule has 0 bridgehead atoms. The number of hydrogen-bond donors (Lipinski definition) is 0. The summed E-state index contributed by atoms with van der Waals surface area (Å²) in [5.41, 5.74) is 1.37. The molecule has 4 rings (SSSR count). The van der Waals surface area contributed by atoms with E-state index < -0.39 is 35.7 Å². The van der Waals surface area contributed by atoms with E-state index in [1.54, 1.807) is 84.9 Å². The molecule has 31 heavy (non-hydrogen) atoms. The van der Waals surface area contributed by atoms with Gasteiger partial charge in [0.05, 0.1) is 11.1 Å². The SMILES string of the molecule is C[C@@H](C(=O)O[C@H](C(=O)c1ccccc1)c1ccccc1)N1C(=O)c2ccccc2C1=O. The summed E-state index contributed by atoms with van der Waals surface area (Å²) in [6.45, 7) is 1.42. The van der Waals surface area contributed by atoms with E-state index in [4.69, 9.17) is 4.74 Å². The van der Waals surface area contributed by atoms with E-state index in [1.807, 2.05) is 0 Å². The minimum atomic E-state index is -1.20. The maximum absolute atomic E-state index is 13.1. The van der Waals surface area contributed by atoms with Crippen molar-refractivity contribution in [3.8, 4) is 0 Å². The van der Waals surface area contributed by atoms with Crippen molar-refractivity contribution in [1.82, 2.24) is 4.90 Å². The van der Waals surface area contributed by atoms with Crippen molar-refractivity contribution in [3.05, 3.63) is 107 Å². The molecule has 1 heterocycles. The lowest BCUT2D eigenvalue weighted by molar-refractivity contribution is -0.151. The number of benzene rings is 3. The van der Waals surface area contributed by atoms with Crippen LogP contribution in [0.5, 0.6) is 0 Å². The Bertz CT molecular complexity index is 1120. The van der Waals surface area contributed by atoms with E-state index in [-0.39, 0.29) is 11.1 Å². The largest absolute Gasteiger partial charge is 0.447 e. The third kappa shape index (κ3) is 3.75. The molecular weight excluding hydrogens is 394 g/mol. The van der Waals surface area contributed by atoms with Gasteiger partial charge in [-0.3, -0.25) is 19.3 Å². The van der Waals surface area contributed by atoms with Crippen LogP contribution in [0, 0.1) is 0 Å². The summed E-state index contributed by atoms with van der Waals surface area (Å²) in [6, 6.07) is 22.3. The van der Waals surface area contributed by atoms with Gasteiger partial charge in [-0.25, -0.2) is 4.79 Å². The Morgan fingerprint density at radius 3 is 1.77 bits per heavy atom. The van der Waals surface area contributed by atoms with Crippen LogP contribution in [0.1, 0.15) is 49.7 Å². The van der Waals surface area contributed by atoms with Gasteiger partial charge in [0.1, 0.15) is 6.04 Å². The van der Waals surface area contributed by atoms with E-state index >= 15 is 0 Å². The molecule has 0 N–H and O–H groups in total. The molecule has 0 unspecified atom stereocenters. The van der Waals surface area contributed by atoms with Crippen LogP contribution in [-0.4, -0.2) is 34.5 Å². The Labute approximate surface area is 179 Å². The first-order valence-corrected chi connectivity index (χ1v) is 9.80. The third-order valence-electron chi connectivity index (χ3n) is 5.19. The zero-order chi connectivity index (χ0) is 22.0. The average molecular weight is 413 g/mol. The number of ketones is 1. The molecule has 0 saturated carbocycles. The fourth-order valence-electron chi connectivity index (χ4n) is 3.53. The molecule has 2 atom stereocenters. The van der Waals surface area contributed by atoms with Gasteiger partial charge in [-0.05, 0) is 19.1 Å². The van der Waals surface area contributed by atoms with Crippen LogP contribution in [-0.2, 0) is 9.53 Å². The standard InChI is InChI=1S/C25H19NO5/c1-16(26-23(28)19-14-8-9-15-20(19)24(26)29)25(30)31-22(18-12-6-3-7-13-18)21(27)17-10-4-2-5-11-17/h2-16,22H,1H3/t16-,22-/m0/s1. The summed E-state index contributed by atoms with van der Waals surface area (Å²) in [6.07, 6.45) is -1.20. The first-order chi connectivity index (χ1) is 15.0. The Morgan fingerprint density at radius 2 is 1.23 bits per heavy atom. The molecule has 0 saturated heterocycles. The van der Waals surface area contributed by atoms with Crippen molar-refractivity contribution < 1.29 is 23.9 Å². The molecule has 0 aliphatic carbocycles. The highest BCUT2D eigenvalue weighted by Gasteiger charge is 2.42. The summed E-state index contributed by atoms with van der Waals surface area (Å²) in [5, 5.41) is 0. The van der Waals surface area contributed by atoms with Crippen LogP contribution in [0.4, 0.5) is 0 Å². The molecule has 1 aliphatic heterocycles. The van der Waals surface area contributed by atoms with Crippen LogP contribution in [0.15, 0.2) is 84.9 Å². The minimum absolute atomic E-state index is 0.243. The lowest BCUT2D eigenvalue weighted by Gasteiger charge is -2.24. The number of carbonyl (C=O) groups is 4. The normalized spacial score (nSPS) is 14.7. The van der Waals surface area contributed by atoms with E-state index in [0.717, 1.165) is 4.90 Å². The van der Waals surface area contributed by atoms with Gasteiger partial charge >= 0.3 is 5.97 Å². The fourth-order valence-corrected chi connectivity index (χ4v) is 3.53. The molecule has 0 fully saturated rings. The van der Waals surface area contributed by atoms with E-state index in [1.165, 1.54) is 6.92 Å². The molecule has 0 aromatic heterocycles. The Kier molecular flexibility index (Phi) is 5.45. The Balaban J connectivity index is 1.60. The lowest BCUT2D eigenvalue weighted by atomic mass is 10.00. The number of rotatable bonds is 6. The number of imide groups is 1. The number of carbonyl (C=O) groups excluding carboxylic acids is 4. The van der Waals surface area contributed by atoms with Crippen molar-refractivity contribution in [3.63, 3.8) is 0 Å². The predicted octanol–water partition coefficient (Wildman–Crippen LogP) is 3.84. The van der Waals surface area contributed by atoms with Crippen molar-refractivity contribution >= 4 is 23.6 Å². The van der Waals surface area contributed by atoms with Crippen LogP contribution >= 0.6 is 0 Å². The second kappa shape index (κ2) is 8.36. The number of fused-ring (bicyclic) bond motifs is 1. The molecule has 3 aromatic carbocycles. The Morgan fingerprint density at radius 1 is 0.742 bits per heavy atom. The minimum Gasteiger partial charge on any atom is -0.447 e. The van der Waals surface area contributed by atoms with Crippen molar-refractivity contribution in [1.29, 1.82) is 0 Å². The monoisotopic (exact) mass is 413 g/mol. The second-order valence-electron chi connectivity index (χ2n) is 7.16. The van der Waals surface area contributed by atoms with Crippen molar-refractivity contribution in [2.45, 2.75) is 19.1 Å². The molecular formula is C25H19NO5. The van der Waals surface area contributed by atoms with Crippen molar-refractivity contribution in [2.75, 3.05) is 0 Å². The Hall–Kier alpha value is -4.06. The number of esters is 1. The highest BCUT2D eigenvalue weighted by molar-refractivity contribution is 6.22. The zero-order valence-corrected chi connectivity index (χ0v) is 16.7. The summed E-state index contributed by atoms with van der Waals surface area (Å²) in [7, 11) is 0. The summed E-state index contributed by atoms with van der Waals surface area (Å²) >= 11 is 0. The van der Waals surface area contributed by atoms with Crippen LogP contribution in [0.2, 0.25) is 0 Å². The molecule has 0 spiro atoms. The maximum Gasteiger partial charge on any atom is 0.330 e. The summed E-state index contributed by atoms with van der Waals surface area (Å²) in [5.74, 6) is -2.35. The summed E-state index contributed by atoms with van der Waals surface area (Å²) in [4.78, 5) is 52.3. The number of nitrogens with zero attached hydrogens (tertiary/aromatic N) is 1. The fraction of sp³-hybridized carbons (Fsp3) is 0.120. The van der Waals surface area contributed by atoms with Crippen LogP contribution in [0.3, 0.4) is 0 Å². The topological polar surface area (TPSA) is 80.8 Å². The summed E-state index contributed by atoms with van der Waals surface area (Å²) < 4.78 is 5.59. The highest BCUT2D eigenvalue weighted by atomic mass is 16.5. The average Bonchev–Trinajstić information content (AvgIpc) is 3.07. The maximum atomic E-state index is 13.1. The van der Waals surface area contributed by atoms with Gasteiger partial charge in [0.25, 0.3) is 11.8 Å². The molecule has 3 aromatic rings. The van der Waals surface area contributed by atoms with Crippen LogP contribution < -0.4 is 0 Å². The van der Waals surface area contributed by atoms with Crippen LogP contribution in [0.25, 0.3) is 0 Å². The molecule has 0 radical (unpaired) electrons. The van der Waals surface area contributed by atoms with E-state index in [2.05, 4.69) is 0 Å². The molecule has 2 amide bonds. The van der Waals surface area contributed by atoms with Gasteiger partial charge in [0, 0.05) is 11.1 Å². The lowest BCUT2D eigenvalue weighted by Crippen LogP contribution is -2.44. The van der Waals surface area contributed by atoms with Crippen molar-refractivity contribution in [2.24, 2.45) is 0 Å². The number of hydrogen-bond acceptors (Lipinski definition) is 5. The molecule has 1 aliphatic rings. The van der Waals surface area contributed by atoms with E-state index in [0.29, 0.717) is 11.1 Å². The smallest absolute Gasteiger partial charge is 0.330 e. The first kappa shape index (κ1) is 20.2. The predicted molar refractivity (Wildman–Crippen MR) is 112 cm³/mol. The van der Waals surface area contributed by atoms with Gasteiger partial charge in [-0.1, -0.05) is 72.8 Å². The third-order valence-corrected chi connectivity index (χ3v) is 5.19. The zero-order valence-electron chi connectivity index (χ0n) is 16.7. The second-order valence-corrected chi connectivity index (χ2v) is 7.16. The van der Waals surface area contributed by atoms with Gasteiger partial charge in [0.15, 0.2) is 6.10 Å². The van der Waals surface area contributed by atoms with Gasteiger partial charge in [-0.15, -0.1) is 0 Å². The van der Waals surface area contributed by atoms with Gasteiger partial charge < -0.3 is 4.74 Å². The number of amides is 2. The van der Waals surface area contributed by atoms with Gasteiger partial charge in [0.2, 0.25) is 5.78 Å². The van der Waals surface area contributed by atoms with E-state index in [9.17, 15) is 19.2 Å².